The Morgan fingerprint density at radius 3 is 2.59 bits per heavy atom. The third-order valence-corrected chi connectivity index (χ3v) is 2.65. The van der Waals surface area contributed by atoms with Crippen molar-refractivity contribution in [2.75, 3.05) is 18.0 Å². The minimum Gasteiger partial charge on any atom is -0.389 e. The summed E-state index contributed by atoms with van der Waals surface area (Å²) in [6, 6.07) is 3.34. The first kappa shape index (κ1) is 11.7. The number of nitro groups is 1. The van der Waals surface area contributed by atoms with E-state index in [0.29, 0.717) is 0 Å². The first-order valence-corrected chi connectivity index (χ1v) is 4.98. The highest BCUT2D eigenvalue weighted by atomic mass is 19.3. The summed E-state index contributed by atoms with van der Waals surface area (Å²) in [5, 5.41) is 19.9. The van der Waals surface area contributed by atoms with Gasteiger partial charge in [-0.2, -0.15) is 0 Å². The summed E-state index contributed by atoms with van der Waals surface area (Å²) < 4.78 is 24.8. The van der Waals surface area contributed by atoms with E-state index in [0.717, 1.165) is 12.1 Å². The molecule has 0 amide bonds. The van der Waals surface area contributed by atoms with Gasteiger partial charge in [-0.25, -0.2) is 8.78 Å². The number of alkyl halides is 2. The normalized spacial score (nSPS) is 16.1. The van der Waals surface area contributed by atoms with Gasteiger partial charge < -0.3 is 10.0 Å². The van der Waals surface area contributed by atoms with Crippen LogP contribution in [0.1, 0.15) is 12.0 Å². The predicted octanol–water partition coefficient (Wildman–Crippen LogP) is 1.71. The Balaban J connectivity index is 2.35. The number of hydrogen-bond donors (Lipinski definition) is 1. The SMILES string of the molecule is O=[N+]([O-])c1cc(C(F)F)ccc1N1CC(O)C1. The van der Waals surface area contributed by atoms with Crippen LogP contribution in [0, 0.1) is 10.1 Å². The van der Waals surface area contributed by atoms with E-state index in [2.05, 4.69) is 0 Å². The summed E-state index contributed by atoms with van der Waals surface area (Å²) in [5.74, 6) is 0. The molecular weight excluding hydrogens is 234 g/mol. The Morgan fingerprint density at radius 2 is 2.12 bits per heavy atom. The molecule has 1 fully saturated rings. The molecule has 7 heteroatoms. The number of nitrogens with zero attached hydrogens (tertiary/aromatic N) is 2. The van der Waals surface area contributed by atoms with Gasteiger partial charge in [-0.1, -0.05) is 6.07 Å². The molecule has 1 saturated heterocycles. The van der Waals surface area contributed by atoms with Crippen LogP contribution in [0.25, 0.3) is 0 Å². The van der Waals surface area contributed by atoms with Crippen LogP contribution in [0.15, 0.2) is 18.2 Å². The zero-order valence-electron chi connectivity index (χ0n) is 8.72. The van der Waals surface area contributed by atoms with Gasteiger partial charge in [-0.05, 0) is 6.07 Å². The van der Waals surface area contributed by atoms with Crippen LogP contribution in [0.4, 0.5) is 20.2 Å². The fraction of sp³-hybridized carbons (Fsp3) is 0.400. The largest absolute Gasteiger partial charge is 0.389 e. The third kappa shape index (κ3) is 2.19. The van der Waals surface area contributed by atoms with Crippen molar-refractivity contribution in [1.29, 1.82) is 0 Å². The van der Waals surface area contributed by atoms with Crippen LogP contribution in [0.2, 0.25) is 0 Å². The van der Waals surface area contributed by atoms with Crippen molar-refractivity contribution in [3.63, 3.8) is 0 Å². The number of rotatable bonds is 3. The Labute approximate surface area is 95.4 Å². The van der Waals surface area contributed by atoms with E-state index in [-0.39, 0.29) is 30.0 Å². The zero-order chi connectivity index (χ0) is 12.6. The molecule has 1 aromatic carbocycles. The fourth-order valence-corrected chi connectivity index (χ4v) is 1.74. The van der Waals surface area contributed by atoms with Crippen molar-refractivity contribution >= 4 is 11.4 Å². The molecule has 0 bridgehead atoms. The van der Waals surface area contributed by atoms with Crippen LogP contribution in [0.3, 0.4) is 0 Å². The van der Waals surface area contributed by atoms with Gasteiger partial charge in [-0.3, -0.25) is 10.1 Å². The van der Waals surface area contributed by atoms with Crippen molar-refractivity contribution in [2.24, 2.45) is 0 Å². The van der Waals surface area contributed by atoms with Crippen molar-refractivity contribution in [1.82, 2.24) is 0 Å². The Kier molecular flexibility index (Phi) is 2.93. The second-order valence-electron chi connectivity index (χ2n) is 3.86. The summed E-state index contributed by atoms with van der Waals surface area (Å²) >= 11 is 0. The van der Waals surface area contributed by atoms with Crippen molar-refractivity contribution < 1.29 is 18.8 Å². The highest BCUT2D eigenvalue weighted by Crippen LogP contribution is 2.34. The van der Waals surface area contributed by atoms with Gasteiger partial charge in [0.2, 0.25) is 0 Å². The molecule has 0 radical (unpaired) electrons. The highest BCUT2D eigenvalue weighted by Gasteiger charge is 2.30. The number of benzene rings is 1. The smallest absolute Gasteiger partial charge is 0.293 e. The lowest BCUT2D eigenvalue weighted by Gasteiger charge is -2.37. The van der Waals surface area contributed by atoms with E-state index in [4.69, 9.17) is 5.11 Å². The zero-order valence-corrected chi connectivity index (χ0v) is 8.72. The molecule has 0 unspecified atom stereocenters. The van der Waals surface area contributed by atoms with Gasteiger partial charge in [0.15, 0.2) is 0 Å². The third-order valence-electron chi connectivity index (χ3n) is 2.65. The maximum atomic E-state index is 12.4. The van der Waals surface area contributed by atoms with Gasteiger partial charge in [0.1, 0.15) is 5.69 Å². The standard InChI is InChI=1S/C10H10F2N2O3/c11-10(12)6-1-2-8(9(3-6)14(16)17)13-4-7(15)5-13/h1-3,7,10,15H,4-5H2. The number of nitro benzene ring substituents is 1. The summed E-state index contributed by atoms with van der Waals surface area (Å²) in [5.41, 5.74) is -0.457. The molecule has 2 rings (SSSR count). The summed E-state index contributed by atoms with van der Waals surface area (Å²) in [6.07, 6.45) is -3.24. The van der Waals surface area contributed by atoms with Crippen LogP contribution < -0.4 is 4.90 Å². The molecule has 5 nitrogen and oxygen atoms in total. The van der Waals surface area contributed by atoms with Gasteiger partial charge in [0.25, 0.3) is 12.1 Å². The predicted molar refractivity (Wildman–Crippen MR) is 56.3 cm³/mol. The Morgan fingerprint density at radius 1 is 1.47 bits per heavy atom. The fourth-order valence-electron chi connectivity index (χ4n) is 1.74. The van der Waals surface area contributed by atoms with Gasteiger partial charge in [0.05, 0.1) is 11.0 Å². The second-order valence-corrected chi connectivity index (χ2v) is 3.86. The van der Waals surface area contributed by atoms with E-state index in [1.807, 2.05) is 0 Å². The highest BCUT2D eigenvalue weighted by molar-refractivity contribution is 5.65. The Hall–Kier alpha value is -1.76. The van der Waals surface area contributed by atoms with Crippen LogP contribution in [-0.4, -0.2) is 29.2 Å². The number of aliphatic hydroxyl groups excluding tert-OH is 1. The first-order valence-electron chi connectivity index (χ1n) is 4.98. The molecule has 1 aliphatic rings. The molecule has 0 spiro atoms. The maximum Gasteiger partial charge on any atom is 0.293 e. The second kappa shape index (κ2) is 4.25. The summed E-state index contributed by atoms with van der Waals surface area (Å²) in [7, 11) is 0. The molecule has 1 aliphatic heterocycles. The minimum absolute atomic E-state index is 0.268. The number of anilines is 1. The molecule has 0 saturated carbocycles. The average Bonchev–Trinajstić information content (AvgIpc) is 2.24. The van der Waals surface area contributed by atoms with Crippen LogP contribution in [0.5, 0.6) is 0 Å². The van der Waals surface area contributed by atoms with Crippen molar-refractivity contribution in [3.05, 3.63) is 33.9 Å². The average molecular weight is 244 g/mol. The molecule has 0 atom stereocenters. The monoisotopic (exact) mass is 244 g/mol. The molecular formula is C10H10F2N2O3. The molecule has 1 N–H and O–H groups in total. The van der Waals surface area contributed by atoms with E-state index in [9.17, 15) is 18.9 Å². The molecule has 1 heterocycles. The number of β-amino-alcohol motifs (C(OH)–C–C–N with tert-alkyl or cyclic N) is 1. The first-order chi connectivity index (χ1) is 7.99. The van der Waals surface area contributed by atoms with E-state index in [1.165, 1.54) is 6.07 Å². The number of hydrogen-bond acceptors (Lipinski definition) is 4. The summed E-state index contributed by atoms with van der Waals surface area (Å²) in [4.78, 5) is 11.7. The van der Waals surface area contributed by atoms with Gasteiger partial charge >= 0.3 is 0 Å². The summed E-state index contributed by atoms with van der Waals surface area (Å²) in [6.45, 7) is 0.573. The number of halogens is 2. The van der Waals surface area contributed by atoms with Gasteiger partial charge in [-0.15, -0.1) is 0 Å². The van der Waals surface area contributed by atoms with E-state index < -0.39 is 17.5 Å². The van der Waals surface area contributed by atoms with Crippen LogP contribution >= 0.6 is 0 Å². The van der Waals surface area contributed by atoms with E-state index in [1.54, 1.807) is 4.90 Å². The molecule has 1 aromatic rings. The van der Waals surface area contributed by atoms with Gasteiger partial charge in [0, 0.05) is 24.7 Å². The quantitative estimate of drug-likeness (QED) is 0.649. The lowest BCUT2D eigenvalue weighted by Crippen LogP contribution is -2.51. The molecule has 92 valence electrons. The van der Waals surface area contributed by atoms with Crippen molar-refractivity contribution in [3.8, 4) is 0 Å². The topological polar surface area (TPSA) is 66.6 Å². The lowest BCUT2D eigenvalue weighted by molar-refractivity contribution is -0.384. The number of aliphatic hydroxyl groups is 1. The van der Waals surface area contributed by atoms with E-state index >= 15 is 0 Å². The molecule has 0 aliphatic carbocycles. The Bertz CT molecular complexity index is 447. The van der Waals surface area contributed by atoms with Crippen molar-refractivity contribution in [2.45, 2.75) is 12.5 Å². The lowest BCUT2D eigenvalue weighted by atomic mass is 10.1. The van der Waals surface area contributed by atoms with Crippen LogP contribution in [-0.2, 0) is 0 Å². The molecule has 0 aromatic heterocycles. The molecule has 17 heavy (non-hydrogen) atoms. The minimum atomic E-state index is -2.73. The maximum absolute atomic E-state index is 12.4.